The largest absolute Gasteiger partial charge is 0.373 e. The molecule has 7 heteroatoms. The lowest BCUT2D eigenvalue weighted by Gasteiger charge is -2.32. The smallest absolute Gasteiger partial charge is 0.271 e. The molecule has 2 rings (SSSR count). The molecule has 0 saturated carbocycles. The molecular weight excluding hydrogens is 296 g/mol. The summed E-state index contributed by atoms with van der Waals surface area (Å²) in [5.41, 5.74) is 0.164. The maximum Gasteiger partial charge on any atom is 0.271 e. The number of nitrogens with zero attached hydrogens (tertiary/aromatic N) is 3. The molecule has 1 fully saturated rings. The van der Waals surface area contributed by atoms with E-state index in [2.05, 4.69) is 12.2 Å². The number of non-ortho nitro benzene ring substituents is 1. The fourth-order valence-corrected chi connectivity index (χ4v) is 2.51. The first-order valence-corrected chi connectivity index (χ1v) is 7.44. The Kier molecular flexibility index (Phi) is 5.31. The van der Waals surface area contributed by atoms with Crippen LogP contribution in [0.15, 0.2) is 36.0 Å². The SMILES string of the molecule is CC1CCCCN1/C=C(/C#N)C(=O)Nc1cccc([N+](=O)[O-])c1. The van der Waals surface area contributed by atoms with E-state index in [0.29, 0.717) is 0 Å². The molecule has 1 saturated heterocycles. The van der Waals surface area contributed by atoms with E-state index in [-0.39, 0.29) is 23.0 Å². The van der Waals surface area contributed by atoms with Crippen molar-refractivity contribution in [3.63, 3.8) is 0 Å². The van der Waals surface area contributed by atoms with Gasteiger partial charge in [-0.3, -0.25) is 14.9 Å². The zero-order valence-electron chi connectivity index (χ0n) is 12.9. The minimum Gasteiger partial charge on any atom is -0.373 e. The second-order valence-corrected chi connectivity index (χ2v) is 5.50. The van der Waals surface area contributed by atoms with Gasteiger partial charge in [0.15, 0.2) is 0 Å². The number of hydrogen-bond acceptors (Lipinski definition) is 5. The summed E-state index contributed by atoms with van der Waals surface area (Å²) in [5.74, 6) is -0.564. The number of nitriles is 1. The second kappa shape index (κ2) is 7.40. The van der Waals surface area contributed by atoms with Crippen molar-refractivity contribution in [1.82, 2.24) is 4.90 Å². The molecule has 0 spiro atoms. The first-order chi connectivity index (χ1) is 11.0. The van der Waals surface area contributed by atoms with Crippen molar-refractivity contribution in [2.24, 2.45) is 0 Å². The summed E-state index contributed by atoms with van der Waals surface area (Å²) >= 11 is 0. The first-order valence-electron chi connectivity index (χ1n) is 7.44. The zero-order valence-corrected chi connectivity index (χ0v) is 12.9. The van der Waals surface area contributed by atoms with E-state index in [1.165, 1.54) is 18.2 Å². The molecule has 120 valence electrons. The number of amides is 1. The van der Waals surface area contributed by atoms with Crippen molar-refractivity contribution in [2.75, 3.05) is 11.9 Å². The number of carbonyl (C=O) groups is 1. The number of carbonyl (C=O) groups excluding carboxylic acids is 1. The molecule has 0 bridgehead atoms. The van der Waals surface area contributed by atoms with Crippen LogP contribution in [-0.4, -0.2) is 28.3 Å². The lowest BCUT2D eigenvalue weighted by Crippen LogP contribution is -2.34. The fourth-order valence-electron chi connectivity index (χ4n) is 2.51. The molecule has 1 aliphatic rings. The average Bonchev–Trinajstić information content (AvgIpc) is 2.54. The molecule has 1 aromatic rings. The number of nitrogens with one attached hydrogen (secondary N) is 1. The van der Waals surface area contributed by atoms with Crippen LogP contribution >= 0.6 is 0 Å². The van der Waals surface area contributed by atoms with Crippen LogP contribution in [0.4, 0.5) is 11.4 Å². The van der Waals surface area contributed by atoms with Gasteiger partial charge in [-0.25, -0.2) is 0 Å². The van der Waals surface area contributed by atoms with E-state index in [1.54, 1.807) is 12.3 Å². The van der Waals surface area contributed by atoms with Gasteiger partial charge < -0.3 is 10.2 Å². The van der Waals surface area contributed by atoms with E-state index in [1.807, 2.05) is 11.0 Å². The number of anilines is 1. The molecule has 23 heavy (non-hydrogen) atoms. The Morgan fingerprint density at radius 1 is 1.52 bits per heavy atom. The number of nitro benzene ring substituents is 1. The maximum absolute atomic E-state index is 12.2. The molecule has 0 aliphatic carbocycles. The van der Waals surface area contributed by atoms with Crippen LogP contribution < -0.4 is 5.32 Å². The van der Waals surface area contributed by atoms with Crippen LogP contribution in [0, 0.1) is 21.4 Å². The van der Waals surface area contributed by atoms with Crippen LogP contribution in [0.5, 0.6) is 0 Å². The van der Waals surface area contributed by atoms with Gasteiger partial charge in [0, 0.05) is 36.6 Å². The van der Waals surface area contributed by atoms with Crippen molar-refractivity contribution < 1.29 is 9.72 Å². The number of hydrogen-bond donors (Lipinski definition) is 1. The Morgan fingerprint density at radius 3 is 2.96 bits per heavy atom. The van der Waals surface area contributed by atoms with Gasteiger partial charge in [0.25, 0.3) is 11.6 Å². The van der Waals surface area contributed by atoms with Gasteiger partial charge in [0.2, 0.25) is 0 Å². The van der Waals surface area contributed by atoms with Crippen molar-refractivity contribution in [2.45, 2.75) is 32.2 Å². The van der Waals surface area contributed by atoms with Gasteiger partial charge in [0.1, 0.15) is 11.6 Å². The molecule has 1 aliphatic heterocycles. The standard InChI is InChI=1S/C16H18N4O3/c1-12-5-2-3-8-19(12)11-13(10-17)16(21)18-14-6-4-7-15(9-14)20(22)23/h4,6-7,9,11-12H,2-3,5,8H2,1H3,(H,18,21)/b13-11-. The van der Waals surface area contributed by atoms with Crippen LogP contribution in [-0.2, 0) is 4.79 Å². The molecule has 7 nitrogen and oxygen atoms in total. The van der Waals surface area contributed by atoms with Crippen LogP contribution in [0.25, 0.3) is 0 Å². The normalized spacial score (nSPS) is 18.2. The minimum absolute atomic E-state index is 0.00902. The van der Waals surface area contributed by atoms with E-state index in [0.717, 1.165) is 25.8 Å². The number of benzene rings is 1. The topological polar surface area (TPSA) is 99.3 Å². The third-order valence-electron chi connectivity index (χ3n) is 3.83. The van der Waals surface area contributed by atoms with Gasteiger partial charge >= 0.3 is 0 Å². The minimum atomic E-state index is -0.564. The molecule has 1 aromatic carbocycles. The van der Waals surface area contributed by atoms with Crippen molar-refractivity contribution >= 4 is 17.3 Å². The van der Waals surface area contributed by atoms with Crippen LogP contribution in [0.2, 0.25) is 0 Å². The lowest BCUT2D eigenvalue weighted by atomic mass is 10.0. The summed E-state index contributed by atoms with van der Waals surface area (Å²) in [6, 6.07) is 7.82. The van der Waals surface area contributed by atoms with Crippen molar-refractivity contribution in [3.05, 3.63) is 46.2 Å². The highest BCUT2D eigenvalue weighted by Crippen LogP contribution is 2.19. The molecule has 1 amide bonds. The molecular formula is C16H18N4O3. The number of nitro groups is 1. The molecule has 1 atom stereocenters. The predicted octanol–water partition coefficient (Wildman–Crippen LogP) is 2.82. The Balaban J connectivity index is 2.12. The van der Waals surface area contributed by atoms with Crippen molar-refractivity contribution in [1.29, 1.82) is 5.26 Å². The lowest BCUT2D eigenvalue weighted by molar-refractivity contribution is -0.384. The predicted molar refractivity (Wildman–Crippen MR) is 85.4 cm³/mol. The highest BCUT2D eigenvalue weighted by molar-refractivity contribution is 6.06. The highest BCUT2D eigenvalue weighted by atomic mass is 16.6. The summed E-state index contributed by atoms with van der Waals surface area (Å²) < 4.78 is 0. The Bertz CT molecular complexity index is 678. The summed E-state index contributed by atoms with van der Waals surface area (Å²) in [6.07, 6.45) is 4.79. The first kappa shape index (κ1) is 16.5. The zero-order chi connectivity index (χ0) is 16.8. The number of rotatable bonds is 4. The maximum atomic E-state index is 12.2. The fraction of sp³-hybridized carbons (Fsp3) is 0.375. The van der Waals surface area contributed by atoms with E-state index in [4.69, 9.17) is 0 Å². The summed E-state index contributed by atoms with van der Waals surface area (Å²) in [5, 5.41) is 22.5. The third kappa shape index (κ3) is 4.30. The summed E-state index contributed by atoms with van der Waals surface area (Å²) in [7, 11) is 0. The van der Waals surface area contributed by atoms with Crippen LogP contribution in [0.1, 0.15) is 26.2 Å². The second-order valence-electron chi connectivity index (χ2n) is 5.50. The van der Waals surface area contributed by atoms with Crippen molar-refractivity contribution in [3.8, 4) is 6.07 Å². The monoisotopic (exact) mass is 314 g/mol. The Morgan fingerprint density at radius 2 is 2.30 bits per heavy atom. The molecule has 0 aromatic heterocycles. The van der Waals surface area contributed by atoms with Gasteiger partial charge in [-0.1, -0.05) is 6.07 Å². The van der Waals surface area contributed by atoms with E-state index >= 15 is 0 Å². The molecule has 1 heterocycles. The van der Waals surface area contributed by atoms with E-state index in [9.17, 15) is 20.2 Å². The van der Waals surface area contributed by atoms with Crippen LogP contribution in [0.3, 0.4) is 0 Å². The van der Waals surface area contributed by atoms with Gasteiger partial charge in [-0.05, 0) is 32.3 Å². The molecule has 0 radical (unpaired) electrons. The molecule has 1 unspecified atom stereocenters. The van der Waals surface area contributed by atoms with Gasteiger partial charge in [0.05, 0.1) is 4.92 Å². The van der Waals surface area contributed by atoms with Gasteiger partial charge in [-0.2, -0.15) is 5.26 Å². The van der Waals surface area contributed by atoms with E-state index < -0.39 is 10.8 Å². The Labute approximate surface area is 134 Å². The summed E-state index contributed by atoms with van der Waals surface area (Å²) in [4.78, 5) is 24.4. The average molecular weight is 314 g/mol. The number of likely N-dealkylation sites (tertiary alicyclic amines) is 1. The third-order valence-corrected chi connectivity index (χ3v) is 3.83. The summed E-state index contributed by atoms with van der Waals surface area (Å²) in [6.45, 7) is 2.87. The molecule has 1 N–H and O–H groups in total. The number of piperidine rings is 1. The Hall–Kier alpha value is -2.88. The highest BCUT2D eigenvalue weighted by Gasteiger charge is 2.18. The van der Waals surface area contributed by atoms with Gasteiger partial charge in [-0.15, -0.1) is 0 Å². The quantitative estimate of drug-likeness (QED) is 0.399.